The second kappa shape index (κ2) is 11.1. The molecule has 0 saturated carbocycles. The van der Waals surface area contributed by atoms with Crippen molar-refractivity contribution in [2.24, 2.45) is 5.92 Å². The predicted octanol–water partition coefficient (Wildman–Crippen LogP) is 3.26. The predicted molar refractivity (Wildman–Crippen MR) is 114 cm³/mol. The van der Waals surface area contributed by atoms with Crippen molar-refractivity contribution in [3.8, 4) is 0 Å². The van der Waals surface area contributed by atoms with Crippen LogP contribution in [0, 0.1) is 18.7 Å². The first-order valence-electron chi connectivity index (χ1n) is 9.95. The molecule has 3 amide bonds. The molecule has 2 rings (SSSR count). The molecule has 0 bridgehead atoms. The fraction of sp³-hybridized carbons (Fsp3) is 0.348. The normalized spacial score (nSPS) is 11.5. The Morgan fingerprint density at radius 3 is 2.23 bits per heavy atom. The first kappa shape index (κ1) is 23.1. The van der Waals surface area contributed by atoms with Crippen LogP contribution in [0.3, 0.4) is 0 Å². The third-order valence-corrected chi connectivity index (χ3v) is 4.75. The van der Waals surface area contributed by atoms with Crippen LogP contribution in [0.2, 0.25) is 0 Å². The summed E-state index contributed by atoms with van der Waals surface area (Å²) >= 11 is 0. The quantitative estimate of drug-likeness (QED) is 0.662. The van der Waals surface area contributed by atoms with Crippen LogP contribution < -0.4 is 10.6 Å². The highest BCUT2D eigenvalue weighted by Crippen LogP contribution is 2.12. The van der Waals surface area contributed by atoms with E-state index in [-0.39, 0.29) is 43.2 Å². The molecule has 0 heterocycles. The number of benzene rings is 2. The molecule has 160 valence electrons. The van der Waals surface area contributed by atoms with Gasteiger partial charge in [-0.1, -0.05) is 43.7 Å². The largest absolute Gasteiger partial charge is 0.345 e. The number of nitrogens with one attached hydrogen (secondary N) is 2. The number of aryl methyl sites for hydroxylation is 1. The van der Waals surface area contributed by atoms with Crippen LogP contribution in [-0.4, -0.2) is 35.7 Å². The number of nitrogens with zero attached hydrogens (tertiary/aromatic N) is 1. The summed E-state index contributed by atoms with van der Waals surface area (Å²) in [6.45, 7) is 5.45. The lowest BCUT2D eigenvalue weighted by Crippen LogP contribution is -2.44. The number of anilines is 1. The van der Waals surface area contributed by atoms with Gasteiger partial charge < -0.3 is 15.5 Å². The van der Waals surface area contributed by atoms with Gasteiger partial charge in [-0.05, 0) is 43.2 Å². The molecule has 0 aliphatic heterocycles. The first-order chi connectivity index (χ1) is 14.3. The molecule has 2 aromatic rings. The van der Waals surface area contributed by atoms with Gasteiger partial charge in [0.15, 0.2) is 0 Å². The second-order valence-corrected chi connectivity index (χ2v) is 7.32. The van der Waals surface area contributed by atoms with Crippen molar-refractivity contribution >= 4 is 23.4 Å². The van der Waals surface area contributed by atoms with Gasteiger partial charge in [0.05, 0.1) is 13.1 Å². The summed E-state index contributed by atoms with van der Waals surface area (Å²) in [5, 5.41) is 5.25. The van der Waals surface area contributed by atoms with Crippen molar-refractivity contribution in [3.63, 3.8) is 0 Å². The summed E-state index contributed by atoms with van der Waals surface area (Å²) in [5.74, 6) is -1.57. The average Bonchev–Trinajstić information content (AvgIpc) is 2.74. The van der Waals surface area contributed by atoms with Gasteiger partial charge in [0.25, 0.3) is 0 Å². The van der Waals surface area contributed by atoms with E-state index in [9.17, 15) is 18.8 Å². The first-order valence-corrected chi connectivity index (χ1v) is 9.95. The lowest BCUT2D eigenvalue weighted by Gasteiger charge is -2.25. The van der Waals surface area contributed by atoms with Gasteiger partial charge in [0.2, 0.25) is 17.7 Å². The molecule has 30 heavy (non-hydrogen) atoms. The number of carbonyl (C=O) groups is 3. The number of hydrogen-bond acceptors (Lipinski definition) is 3. The monoisotopic (exact) mass is 413 g/mol. The maximum Gasteiger partial charge on any atom is 0.243 e. The Morgan fingerprint density at radius 2 is 1.63 bits per heavy atom. The Morgan fingerprint density at radius 1 is 1.00 bits per heavy atom. The van der Waals surface area contributed by atoms with Crippen molar-refractivity contribution in [1.29, 1.82) is 0 Å². The molecular formula is C23H28FN3O3. The zero-order valence-corrected chi connectivity index (χ0v) is 17.6. The van der Waals surface area contributed by atoms with Crippen LogP contribution in [0.1, 0.15) is 31.4 Å². The Labute approximate surface area is 176 Å². The molecule has 0 unspecified atom stereocenters. The van der Waals surface area contributed by atoms with Gasteiger partial charge in [-0.25, -0.2) is 4.39 Å². The minimum absolute atomic E-state index is 0.166. The molecule has 0 aliphatic rings. The molecule has 7 heteroatoms. The number of carbonyl (C=O) groups excluding carboxylic acids is 3. The van der Waals surface area contributed by atoms with Gasteiger partial charge in [0.1, 0.15) is 5.82 Å². The van der Waals surface area contributed by atoms with Crippen molar-refractivity contribution in [1.82, 2.24) is 10.2 Å². The number of rotatable bonds is 9. The molecule has 0 aliphatic carbocycles. The lowest BCUT2D eigenvalue weighted by atomic mass is 10.1. The van der Waals surface area contributed by atoms with Gasteiger partial charge in [0, 0.05) is 18.2 Å². The van der Waals surface area contributed by atoms with E-state index in [1.54, 1.807) is 31.2 Å². The molecular weight excluding hydrogens is 385 g/mol. The van der Waals surface area contributed by atoms with Gasteiger partial charge in [-0.2, -0.15) is 0 Å². The molecule has 0 spiro atoms. The highest BCUT2D eigenvalue weighted by atomic mass is 19.1. The van der Waals surface area contributed by atoms with Crippen LogP contribution in [-0.2, 0) is 20.9 Å². The maximum atomic E-state index is 13.1. The minimum Gasteiger partial charge on any atom is -0.345 e. The van der Waals surface area contributed by atoms with Crippen LogP contribution in [0.4, 0.5) is 10.1 Å². The summed E-state index contributed by atoms with van der Waals surface area (Å²) in [6.07, 6.45) is 0.638. The van der Waals surface area contributed by atoms with E-state index in [2.05, 4.69) is 10.6 Å². The number of halogens is 1. The van der Waals surface area contributed by atoms with Gasteiger partial charge >= 0.3 is 0 Å². The molecule has 0 saturated heterocycles. The Balaban J connectivity index is 1.93. The third kappa shape index (κ3) is 7.31. The van der Waals surface area contributed by atoms with Crippen LogP contribution in [0.25, 0.3) is 0 Å². The summed E-state index contributed by atoms with van der Waals surface area (Å²) in [7, 11) is 0. The molecule has 0 fully saturated rings. The SMILES string of the molecule is CC[C@@H](C)C(=O)N(CC(=O)NCC(=O)Nc1ccc(C)cc1)Cc1ccc(F)cc1. The zero-order valence-electron chi connectivity index (χ0n) is 17.6. The van der Waals surface area contributed by atoms with Crippen molar-refractivity contribution < 1.29 is 18.8 Å². The van der Waals surface area contributed by atoms with E-state index >= 15 is 0 Å². The fourth-order valence-corrected chi connectivity index (χ4v) is 2.76. The molecule has 2 aromatic carbocycles. The Hall–Kier alpha value is -3.22. The zero-order chi connectivity index (χ0) is 22.1. The Bertz CT molecular complexity index is 866. The van der Waals surface area contributed by atoms with E-state index in [0.717, 1.165) is 11.1 Å². The number of amides is 3. The van der Waals surface area contributed by atoms with E-state index in [1.165, 1.54) is 17.0 Å². The van der Waals surface area contributed by atoms with Crippen molar-refractivity contribution in [2.75, 3.05) is 18.4 Å². The fourth-order valence-electron chi connectivity index (χ4n) is 2.76. The molecule has 2 N–H and O–H groups in total. The average molecular weight is 413 g/mol. The topological polar surface area (TPSA) is 78.5 Å². The van der Waals surface area contributed by atoms with Crippen LogP contribution >= 0.6 is 0 Å². The van der Waals surface area contributed by atoms with E-state index in [0.29, 0.717) is 12.1 Å². The van der Waals surface area contributed by atoms with Crippen molar-refractivity contribution in [2.45, 2.75) is 33.7 Å². The minimum atomic E-state index is -0.437. The third-order valence-electron chi connectivity index (χ3n) is 4.75. The summed E-state index contributed by atoms with van der Waals surface area (Å²) in [6, 6.07) is 13.1. The van der Waals surface area contributed by atoms with E-state index < -0.39 is 5.91 Å². The smallest absolute Gasteiger partial charge is 0.243 e. The van der Waals surface area contributed by atoms with Crippen LogP contribution in [0.15, 0.2) is 48.5 Å². The summed E-state index contributed by atoms with van der Waals surface area (Å²) in [4.78, 5) is 38.5. The number of hydrogen-bond donors (Lipinski definition) is 2. The van der Waals surface area contributed by atoms with Gasteiger partial charge in [-0.3, -0.25) is 14.4 Å². The summed E-state index contributed by atoms with van der Waals surface area (Å²) in [5.41, 5.74) is 2.44. The maximum absolute atomic E-state index is 13.1. The van der Waals surface area contributed by atoms with E-state index in [4.69, 9.17) is 0 Å². The standard InChI is InChI=1S/C23H28FN3O3/c1-4-17(3)23(30)27(14-18-7-9-19(24)10-8-18)15-22(29)25-13-21(28)26-20-11-5-16(2)6-12-20/h5-12,17H,4,13-15H2,1-3H3,(H,25,29)(H,26,28)/t17-/m1/s1. The molecule has 0 radical (unpaired) electrons. The Kier molecular flexibility index (Phi) is 8.53. The lowest BCUT2D eigenvalue weighted by molar-refractivity contribution is -0.139. The van der Waals surface area contributed by atoms with Crippen molar-refractivity contribution in [3.05, 3.63) is 65.5 Å². The highest BCUT2D eigenvalue weighted by Gasteiger charge is 2.22. The molecule has 1 atom stereocenters. The van der Waals surface area contributed by atoms with E-state index in [1.807, 2.05) is 26.0 Å². The van der Waals surface area contributed by atoms with Crippen LogP contribution in [0.5, 0.6) is 0 Å². The highest BCUT2D eigenvalue weighted by molar-refractivity contribution is 5.95. The molecule has 0 aromatic heterocycles. The summed E-state index contributed by atoms with van der Waals surface area (Å²) < 4.78 is 13.1. The second-order valence-electron chi connectivity index (χ2n) is 7.32. The van der Waals surface area contributed by atoms with Gasteiger partial charge in [-0.15, -0.1) is 0 Å². The molecule has 6 nitrogen and oxygen atoms in total.